The predicted molar refractivity (Wildman–Crippen MR) is 92.1 cm³/mol. The van der Waals surface area contributed by atoms with E-state index in [9.17, 15) is 0 Å². The standard InChI is InChI=1S/C15H13BrClN3OS/c1-2-20-14(12-7-8-13(16)21-12)18-19-15(20)22-9-10-5-3-4-6-11(10)17/h3-8H,2,9H2,1H3. The summed E-state index contributed by atoms with van der Waals surface area (Å²) < 4.78 is 8.28. The minimum atomic E-state index is 0.679. The van der Waals surface area contributed by atoms with Gasteiger partial charge in [-0.2, -0.15) is 0 Å². The van der Waals surface area contributed by atoms with E-state index in [0.29, 0.717) is 10.4 Å². The molecule has 0 radical (unpaired) electrons. The molecule has 4 nitrogen and oxygen atoms in total. The first-order valence-electron chi connectivity index (χ1n) is 6.74. The molecule has 0 amide bonds. The molecular weight excluding hydrogens is 386 g/mol. The van der Waals surface area contributed by atoms with E-state index in [1.807, 2.05) is 41.0 Å². The van der Waals surface area contributed by atoms with Crippen LogP contribution in [0.3, 0.4) is 0 Å². The minimum Gasteiger partial charge on any atom is -0.446 e. The monoisotopic (exact) mass is 397 g/mol. The number of nitrogens with zero attached hydrogens (tertiary/aromatic N) is 3. The molecule has 3 aromatic rings. The largest absolute Gasteiger partial charge is 0.446 e. The molecule has 0 N–H and O–H groups in total. The van der Waals surface area contributed by atoms with Crippen LogP contribution in [-0.2, 0) is 12.3 Å². The van der Waals surface area contributed by atoms with Gasteiger partial charge in [-0.1, -0.05) is 41.6 Å². The maximum Gasteiger partial charge on any atom is 0.200 e. The van der Waals surface area contributed by atoms with Crippen molar-refractivity contribution in [1.82, 2.24) is 14.8 Å². The highest BCUT2D eigenvalue weighted by Crippen LogP contribution is 2.30. The third-order valence-electron chi connectivity index (χ3n) is 3.14. The third kappa shape index (κ3) is 3.24. The van der Waals surface area contributed by atoms with Crippen molar-refractivity contribution in [3.8, 4) is 11.6 Å². The molecule has 2 heterocycles. The summed E-state index contributed by atoms with van der Waals surface area (Å²) in [5.41, 5.74) is 1.09. The van der Waals surface area contributed by atoms with Crippen LogP contribution in [0.15, 0.2) is 50.6 Å². The van der Waals surface area contributed by atoms with Crippen LogP contribution in [0.5, 0.6) is 0 Å². The summed E-state index contributed by atoms with van der Waals surface area (Å²) in [7, 11) is 0. The number of hydrogen-bond donors (Lipinski definition) is 0. The highest BCUT2D eigenvalue weighted by molar-refractivity contribution is 9.10. The Kier molecular flexibility index (Phi) is 4.90. The lowest BCUT2D eigenvalue weighted by Gasteiger charge is -2.06. The highest BCUT2D eigenvalue weighted by Gasteiger charge is 2.16. The van der Waals surface area contributed by atoms with E-state index < -0.39 is 0 Å². The van der Waals surface area contributed by atoms with E-state index in [0.717, 1.165) is 33.9 Å². The normalized spacial score (nSPS) is 11.0. The van der Waals surface area contributed by atoms with Crippen molar-refractivity contribution >= 4 is 39.3 Å². The van der Waals surface area contributed by atoms with E-state index in [1.165, 1.54) is 0 Å². The lowest BCUT2D eigenvalue weighted by atomic mass is 10.2. The average molecular weight is 399 g/mol. The van der Waals surface area contributed by atoms with E-state index in [4.69, 9.17) is 16.0 Å². The molecule has 7 heteroatoms. The number of rotatable bonds is 5. The number of thioether (sulfide) groups is 1. The van der Waals surface area contributed by atoms with Crippen molar-refractivity contribution < 1.29 is 4.42 Å². The molecule has 0 aliphatic rings. The molecule has 2 aromatic heterocycles. The maximum atomic E-state index is 6.19. The van der Waals surface area contributed by atoms with Crippen LogP contribution in [0.1, 0.15) is 12.5 Å². The van der Waals surface area contributed by atoms with Gasteiger partial charge in [0.2, 0.25) is 5.82 Å². The molecule has 1 aromatic carbocycles. The molecule has 22 heavy (non-hydrogen) atoms. The van der Waals surface area contributed by atoms with Gasteiger partial charge < -0.3 is 4.42 Å². The smallest absolute Gasteiger partial charge is 0.200 e. The Morgan fingerprint density at radius 1 is 1.23 bits per heavy atom. The van der Waals surface area contributed by atoms with Gasteiger partial charge in [0.1, 0.15) is 0 Å². The lowest BCUT2D eigenvalue weighted by molar-refractivity contribution is 0.543. The van der Waals surface area contributed by atoms with Gasteiger partial charge in [-0.25, -0.2) is 0 Å². The Morgan fingerprint density at radius 3 is 2.73 bits per heavy atom. The summed E-state index contributed by atoms with van der Waals surface area (Å²) in [5, 5.41) is 10.1. The van der Waals surface area contributed by atoms with E-state index in [2.05, 4.69) is 33.1 Å². The van der Waals surface area contributed by atoms with Crippen LogP contribution in [0.2, 0.25) is 5.02 Å². The quantitative estimate of drug-likeness (QED) is 0.549. The number of halogens is 2. The van der Waals surface area contributed by atoms with Gasteiger partial charge in [-0.3, -0.25) is 4.57 Å². The fourth-order valence-electron chi connectivity index (χ4n) is 2.06. The molecule has 0 bridgehead atoms. The Balaban J connectivity index is 1.83. The Morgan fingerprint density at radius 2 is 2.05 bits per heavy atom. The van der Waals surface area contributed by atoms with E-state index in [1.54, 1.807) is 11.8 Å². The van der Waals surface area contributed by atoms with Crippen LogP contribution in [0.4, 0.5) is 0 Å². The summed E-state index contributed by atoms with van der Waals surface area (Å²) >= 11 is 11.1. The maximum absolute atomic E-state index is 6.19. The van der Waals surface area contributed by atoms with Crippen molar-refractivity contribution in [3.63, 3.8) is 0 Å². The van der Waals surface area contributed by atoms with Gasteiger partial charge in [0.25, 0.3) is 0 Å². The summed E-state index contributed by atoms with van der Waals surface area (Å²) in [6.45, 7) is 2.83. The fraction of sp³-hybridized carbons (Fsp3) is 0.200. The van der Waals surface area contributed by atoms with Gasteiger partial charge in [-0.05, 0) is 46.6 Å². The van der Waals surface area contributed by atoms with Crippen molar-refractivity contribution in [2.24, 2.45) is 0 Å². The molecule has 114 valence electrons. The van der Waals surface area contributed by atoms with Crippen LogP contribution >= 0.6 is 39.3 Å². The van der Waals surface area contributed by atoms with Gasteiger partial charge >= 0.3 is 0 Å². The van der Waals surface area contributed by atoms with Crippen LogP contribution < -0.4 is 0 Å². The second-order valence-corrected chi connectivity index (χ2v) is 6.67. The summed E-state index contributed by atoms with van der Waals surface area (Å²) in [6, 6.07) is 11.6. The Hall–Kier alpha value is -1.24. The predicted octanol–water partition coefficient (Wildman–Crippen LogP) is 5.27. The molecule has 0 aliphatic carbocycles. The number of hydrogen-bond acceptors (Lipinski definition) is 4. The first-order valence-corrected chi connectivity index (χ1v) is 8.89. The first kappa shape index (κ1) is 15.6. The second kappa shape index (κ2) is 6.89. The molecule has 0 atom stereocenters. The number of benzene rings is 1. The molecule has 0 saturated heterocycles. The molecule has 3 rings (SSSR count). The number of aromatic nitrogens is 3. The minimum absolute atomic E-state index is 0.679. The van der Waals surface area contributed by atoms with Crippen LogP contribution in [0.25, 0.3) is 11.6 Å². The third-order valence-corrected chi connectivity index (χ3v) is 4.95. The van der Waals surface area contributed by atoms with E-state index >= 15 is 0 Å². The first-order chi connectivity index (χ1) is 10.7. The topological polar surface area (TPSA) is 43.9 Å². The second-order valence-electron chi connectivity index (χ2n) is 4.53. The van der Waals surface area contributed by atoms with Gasteiger partial charge in [0.05, 0.1) is 0 Å². The van der Waals surface area contributed by atoms with Gasteiger partial charge in [0.15, 0.2) is 15.6 Å². The zero-order valence-electron chi connectivity index (χ0n) is 11.8. The molecule has 0 saturated carbocycles. The molecule has 0 aliphatic heterocycles. The Labute approximate surface area is 146 Å². The zero-order valence-corrected chi connectivity index (χ0v) is 15.0. The van der Waals surface area contributed by atoms with Crippen LogP contribution in [0, 0.1) is 0 Å². The lowest BCUT2D eigenvalue weighted by Crippen LogP contribution is -1.99. The fourth-order valence-corrected chi connectivity index (χ4v) is 3.65. The molecular formula is C15H13BrClN3OS. The summed E-state index contributed by atoms with van der Waals surface area (Å²) in [6.07, 6.45) is 0. The SMILES string of the molecule is CCn1c(SCc2ccccc2Cl)nnc1-c1ccc(Br)o1. The molecule has 0 unspecified atom stereocenters. The van der Waals surface area contributed by atoms with Crippen molar-refractivity contribution in [1.29, 1.82) is 0 Å². The Bertz CT molecular complexity index is 787. The van der Waals surface area contributed by atoms with Gasteiger partial charge in [0, 0.05) is 17.3 Å². The van der Waals surface area contributed by atoms with Crippen LogP contribution in [-0.4, -0.2) is 14.8 Å². The number of furan rings is 1. The van der Waals surface area contributed by atoms with Gasteiger partial charge in [-0.15, -0.1) is 10.2 Å². The summed E-state index contributed by atoms with van der Waals surface area (Å²) in [4.78, 5) is 0. The summed E-state index contributed by atoms with van der Waals surface area (Å²) in [5.74, 6) is 2.18. The van der Waals surface area contributed by atoms with Crippen molar-refractivity contribution in [2.75, 3.05) is 0 Å². The average Bonchev–Trinajstić information content (AvgIpc) is 3.12. The highest BCUT2D eigenvalue weighted by atomic mass is 79.9. The van der Waals surface area contributed by atoms with E-state index in [-0.39, 0.29) is 0 Å². The zero-order chi connectivity index (χ0) is 15.5. The molecule has 0 fully saturated rings. The van der Waals surface area contributed by atoms with Crippen molar-refractivity contribution in [2.45, 2.75) is 24.4 Å². The van der Waals surface area contributed by atoms with Crippen molar-refractivity contribution in [3.05, 3.63) is 51.7 Å². The molecule has 0 spiro atoms.